The second-order valence-electron chi connectivity index (χ2n) is 5.66. The maximum Gasteiger partial charge on any atom is 0.317 e. The second kappa shape index (κ2) is 7.11. The first-order valence-electron chi connectivity index (χ1n) is 7.44. The molecule has 1 fully saturated rings. The number of nitrogens with zero attached hydrogens (tertiary/aromatic N) is 1. The Bertz CT molecular complexity index is 516. The molecule has 0 bridgehead atoms. The molecule has 0 spiro atoms. The highest BCUT2D eigenvalue weighted by molar-refractivity contribution is 5.78. The lowest BCUT2D eigenvalue weighted by Crippen LogP contribution is -2.49. The van der Waals surface area contributed by atoms with Crippen molar-refractivity contribution < 1.29 is 9.59 Å². The Hall–Kier alpha value is -2.04. The number of piperidine rings is 1. The van der Waals surface area contributed by atoms with Crippen LogP contribution >= 0.6 is 0 Å². The molecule has 0 radical (unpaired) electrons. The average molecular weight is 289 g/mol. The standard InChI is InChI=1S/C16H23N3O2/c1-12-5-4-6-13(9-12)11-18-16(21)19-8-3-2-7-14(19)10-15(17)20/h4-6,9,14H,2-3,7-8,10-11H2,1H3,(H2,17,20)(H,18,21). The highest BCUT2D eigenvalue weighted by Crippen LogP contribution is 2.19. The van der Waals surface area contributed by atoms with Crippen molar-refractivity contribution >= 4 is 11.9 Å². The quantitative estimate of drug-likeness (QED) is 0.888. The summed E-state index contributed by atoms with van der Waals surface area (Å²) < 4.78 is 0. The number of carbonyl (C=O) groups is 2. The number of primary amides is 1. The van der Waals surface area contributed by atoms with E-state index in [0.29, 0.717) is 13.1 Å². The molecule has 0 aliphatic carbocycles. The summed E-state index contributed by atoms with van der Waals surface area (Å²) in [7, 11) is 0. The van der Waals surface area contributed by atoms with E-state index in [9.17, 15) is 9.59 Å². The van der Waals surface area contributed by atoms with Crippen LogP contribution in [0.15, 0.2) is 24.3 Å². The Balaban J connectivity index is 1.92. The number of aryl methyl sites for hydroxylation is 1. The summed E-state index contributed by atoms with van der Waals surface area (Å²) in [4.78, 5) is 25.2. The van der Waals surface area contributed by atoms with Gasteiger partial charge in [-0.3, -0.25) is 4.79 Å². The third kappa shape index (κ3) is 4.48. The van der Waals surface area contributed by atoms with E-state index >= 15 is 0 Å². The number of benzene rings is 1. The molecule has 1 aromatic carbocycles. The Morgan fingerprint density at radius 1 is 1.38 bits per heavy atom. The van der Waals surface area contributed by atoms with Crippen molar-refractivity contribution in [2.24, 2.45) is 5.73 Å². The van der Waals surface area contributed by atoms with Crippen LogP contribution in [-0.2, 0) is 11.3 Å². The Morgan fingerprint density at radius 3 is 2.90 bits per heavy atom. The van der Waals surface area contributed by atoms with Crippen LogP contribution in [0.2, 0.25) is 0 Å². The largest absolute Gasteiger partial charge is 0.370 e. The summed E-state index contributed by atoms with van der Waals surface area (Å²) in [5.41, 5.74) is 7.52. The maximum atomic E-state index is 12.3. The highest BCUT2D eigenvalue weighted by Gasteiger charge is 2.27. The van der Waals surface area contributed by atoms with Gasteiger partial charge in [0.1, 0.15) is 0 Å². The molecule has 1 aliphatic rings. The Labute approximate surface area is 125 Å². The van der Waals surface area contributed by atoms with Crippen molar-refractivity contribution in [2.45, 2.75) is 45.2 Å². The van der Waals surface area contributed by atoms with E-state index in [2.05, 4.69) is 11.4 Å². The van der Waals surface area contributed by atoms with Crippen LogP contribution in [0.3, 0.4) is 0 Å². The molecule has 1 aliphatic heterocycles. The van der Waals surface area contributed by atoms with Gasteiger partial charge >= 0.3 is 6.03 Å². The Morgan fingerprint density at radius 2 is 2.19 bits per heavy atom. The van der Waals surface area contributed by atoms with Crippen LogP contribution in [-0.4, -0.2) is 29.4 Å². The number of amides is 3. The van der Waals surface area contributed by atoms with Crippen LogP contribution in [0.5, 0.6) is 0 Å². The van der Waals surface area contributed by atoms with Crippen molar-refractivity contribution in [1.82, 2.24) is 10.2 Å². The minimum absolute atomic E-state index is 0.0613. The van der Waals surface area contributed by atoms with E-state index in [-0.39, 0.29) is 24.4 Å². The van der Waals surface area contributed by atoms with Crippen LogP contribution in [0.25, 0.3) is 0 Å². The molecule has 5 heteroatoms. The van der Waals surface area contributed by atoms with Crippen LogP contribution in [0.1, 0.15) is 36.8 Å². The normalized spacial score (nSPS) is 18.3. The van der Waals surface area contributed by atoms with Gasteiger partial charge in [0.05, 0.1) is 0 Å². The zero-order valence-electron chi connectivity index (χ0n) is 12.5. The molecule has 3 N–H and O–H groups in total. The molecule has 21 heavy (non-hydrogen) atoms. The van der Waals surface area contributed by atoms with Gasteiger partial charge in [-0.25, -0.2) is 4.79 Å². The lowest BCUT2D eigenvalue weighted by molar-refractivity contribution is -0.119. The van der Waals surface area contributed by atoms with Gasteiger partial charge in [-0.1, -0.05) is 29.8 Å². The molecule has 3 amide bonds. The van der Waals surface area contributed by atoms with Gasteiger partial charge in [-0.2, -0.15) is 0 Å². The molecule has 0 saturated carbocycles. The summed E-state index contributed by atoms with van der Waals surface area (Å²) in [6, 6.07) is 7.88. The van der Waals surface area contributed by atoms with E-state index in [1.165, 1.54) is 5.56 Å². The maximum absolute atomic E-state index is 12.3. The van der Waals surface area contributed by atoms with E-state index in [4.69, 9.17) is 5.73 Å². The number of rotatable bonds is 4. The first-order chi connectivity index (χ1) is 10.1. The van der Waals surface area contributed by atoms with Crippen molar-refractivity contribution in [3.8, 4) is 0 Å². The van der Waals surface area contributed by atoms with Gasteiger partial charge in [0.25, 0.3) is 0 Å². The average Bonchev–Trinajstić information content (AvgIpc) is 2.45. The van der Waals surface area contributed by atoms with E-state index < -0.39 is 0 Å². The fourth-order valence-electron chi connectivity index (χ4n) is 2.81. The smallest absolute Gasteiger partial charge is 0.317 e. The summed E-state index contributed by atoms with van der Waals surface area (Å²) in [5, 5.41) is 2.93. The number of nitrogens with two attached hydrogens (primary N) is 1. The molecule has 1 aromatic rings. The number of likely N-dealkylation sites (tertiary alicyclic amines) is 1. The number of carbonyl (C=O) groups excluding carboxylic acids is 2. The summed E-state index contributed by atoms with van der Waals surface area (Å²) >= 11 is 0. The lowest BCUT2D eigenvalue weighted by atomic mass is 9.99. The molecular formula is C16H23N3O2. The van der Waals surface area contributed by atoms with Gasteiger partial charge in [-0.15, -0.1) is 0 Å². The SMILES string of the molecule is Cc1cccc(CNC(=O)N2CCCCC2CC(N)=O)c1. The van der Waals surface area contributed by atoms with Gasteiger partial charge in [0.15, 0.2) is 0 Å². The number of nitrogens with one attached hydrogen (secondary N) is 1. The fraction of sp³-hybridized carbons (Fsp3) is 0.500. The van der Waals surface area contributed by atoms with E-state index in [0.717, 1.165) is 24.8 Å². The van der Waals surface area contributed by atoms with Crippen molar-refractivity contribution in [1.29, 1.82) is 0 Å². The van der Waals surface area contributed by atoms with Crippen molar-refractivity contribution in [3.05, 3.63) is 35.4 Å². The molecule has 2 rings (SSSR count). The number of urea groups is 1. The Kier molecular flexibility index (Phi) is 5.20. The van der Waals surface area contributed by atoms with Crippen LogP contribution in [0.4, 0.5) is 4.79 Å². The van der Waals surface area contributed by atoms with E-state index in [1.807, 2.05) is 25.1 Å². The fourth-order valence-corrected chi connectivity index (χ4v) is 2.81. The first-order valence-corrected chi connectivity index (χ1v) is 7.44. The van der Waals surface area contributed by atoms with Crippen molar-refractivity contribution in [2.75, 3.05) is 6.54 Å². The molecule has 5 nitrogen and oxygen atoms in total. The highest BCUT2D eigenvalue weighted by atomic mass is 16.2. The van der Waals surface area contributed by atoms with E-state index in [1.54, 1.807) is 4.90 Å². The summed E-state index contributed by atoms with van der Waals surface area (Å²) in [6.45, 7) is 3.22. The molecule has 1 unspecified atom stereocenters. The lowest BCUT2D eigenvalue weighted by Gasteiger charge is -2.35. The first kappa shape index (κ1) is 15.4. The molecule has 114 valence electrons. The zero-order valence-corrected chi connectivity index (χ0v) is 12.5. The van der Waals surface area contributed by atoms with Gasteiger partial charge in [0.2, 0.25) is 5.91 Å². The minimum Gasteiger partial charge on any atom is -0.370 e. The predicted octanol–water partition coefficient (Wildman–Crippen LogP) is 1.93. The molecule has 0 aromatic heterocycles. The topological polar surface area (TPSA) is 75.4 Å². The third-order valence-electron chi connectivity index (χ3n) is 3.85. The molecule has 1 saturated heterocycles. The summed E-state index contributed by atoms with van der Waals surface area (Å²) in [5.74, 6) is -0.349. The molecule has 1 heterocycles. The number of hydrogen-bond donors (Lipinski definition) is 2. The second-order valence-corrected chi connectivity index (χ2v) is 5.66. The van der Waals surface area contributed by atoms with Crippen molar-refractivity contribution in [3.63, 3.8) is 0 Å². The summed E-state index contributed by atoms with van der Waals surface area (Å²) in [6.07, 6.45) is 3.12. The monoisotopic (exact) mass is 289 g/mol. The van der Waals surface area contributed by atoms with Crippen LogP contribution in [0, 0.1) is 6.92 Å². The van der Waals surface area contributed by atoms with Gasteiger partial charge in [-0.05, 0) is 31.7 Å². The number of hydrogen-bond acceptors (Lipinski definition) is 2. The zero-order chi connectivity index (χ0) is 15.2. The predicted molar refractivity (Wildman–Crippen MR) is 81.6 cm³/mol. The van der Waals surface area contributed by atoms with Crippen LogP contribution < -0.4 is 11.1 Å². The third-order valence-corrected chi connectivity index (χ3v) is 3.85. The van der Waals surface area contributed by atoms with Gasteiger partial charge < -0.3 is 16.0 Å². The molecule has 1 atom stereocenters. The van der Waals surface area contributed by atoms with Gasteiger partial charge in [0, 0.05) is 25.6 Å². The minimum atomic E-state index is -0.349. The molecular weight excluding hydrogens is 266 g/mol.